The topological polar surface area (TPSA) is 99.1 Å². The second-order valence-corrected chi connectivity index (χ2v) is 7.95. The number of allylic oxidation sites excluding steroid dienone is 2. The van der Waals surface area contributed by atoms with Gasteiger partial charge in [-0.2, -0.15) is 0 Å². The second-order valence-electron chi connectivity index (χ2n) is 7.95. The molecule has 0 unspecified atom stereocenters. The molecule has 160 valence electrons. The third-order valence-electron chi connectivity index (χ3n) is 5.01. The van der Waals surface area contributed by atoms with Crippen LogP contribution in [0.4, 0.5) is 0 Å². The Morgan fingerprint density at radius 2 is 2.00 bits per heavy atom. The molecule has 0 spiro atoms. The molecule has 7 heteroatoms. The molecule has 1 N–H and O–H groups in total. The van der Waals surface area contributed by atoms with Gasteiger partial charge in [-0.05, 0) is 29.9 Å². The fourth-order valence-corrected chi connectivity index (χ4v) is 3.42. The smallest absolute Gasteiger partial charge is 0.334 e. The molecule has 1 saturated heterocycles. The van der Waals surface area contributed by atoms with Crippen molar-refractivity contribution in [3.8, 4) is 0 Å². The van der Waals surface area contributed by atoms with E-state index in [4.69, 9.17) is 14.2 Å². The maximum atomic E-state index is 12.0. The Bertz CT molecular complexity index is 717. The predicted molar refractivity (Wildman–Crippen MR) is 106 cm³/mol. The van der Waals surface area contributed by atoms with E-state index in [1.807, 2.05) is 26.0 Å². The molecule has 1 aliphatic heterocycles. The maximum absolute atomic E-state index is 12.0. The highest BCUT2D eigenvalue weighted by Crippen LogP contribution is 2.36. The van der Waals surface area contributed by atoms with Crippen LogP contribution in [0, 0.1) is 11.8 Å². The van der Waals surface area contributed by atoms with E-state index in [0.717, 1.165) is 5.57 Å². The number of aliphatic hydroxyl groups is 1. The zero-order valence-electron chi connectivity index (χ0n) is 17.3. The summed E-state index contributed by atoms with van der Waals surface area (Å²) in [5.41, 5.74) is 1.71. The Labute approximate surface area is 171 Å². The van der Waals surface area contributed by atoms with Gasteiger partial charge in [0.25, 0.3) is 0 Å². The highest BCUT2D eigenvalue weighted by molar-refractivity contribution is 5.90. The number of hydrogen-bond donors (Lipinski definition) is 1. The molecule has 2 rings (SSSR count). The first-order valence-electron chi connectivity index (χ1n) is 9.91. The summed E-state index contributed by atoms with van der Waals surface area (Å²) in [5, 5.41) is 10.7. The van der Waals surface area contributed by atoms with Crippen LogP contribution in [0.25, 0.3) is 0 Å². The van der Waals surface area contributed by atoms with E-state index in [9.17, 15) is 19.5 Å². The molecule has 29 heavy (non-hydrogen) atoms. The number of fused-ring (bicyclic) bond motifs is 1. The number of esters is 3. The highest BCUT2D eigenvalue weighted by Gasteiger charge is 2.40. The van der Waals surface area contributed by atoms with E-state index >= 15 is 0 Å². The van der Waals surface area contributed by atoms with Gasteiger partial charge < -0.3 is 19.3 Å². The Balaban J connectivity index is 2.19. The SMILES string of the molecule is C=C1C(=O)O[C@H]2C/C(COC(C)=O)=C/C/C=C(/COC(=O)CC(C)C)[C@H](O)C[C@H]12. The Morgan fingerprint density at radius 3 is 2.66 bits per heavy atom. The van der Waals surface area contributed by atoms with E-state index in [1.165, 1.54) is 6.92 Å². The minimum Gasteiger partial charge on any atom is -0.461 e. The molecule has 0 aromatic rings. The summed E-state index contributed by atoms with van der Waals surface area (Å²) < 4.78 is 15.9. The molecule has 0 aromatic heterocycles. The number of rotatable bonds is 6. The minimum atomic E-state index is -0.885. The lowest BCUT2D eigenvalue weighted by Crippen LogP contribution is -2.27. The fraction of sp³-hybridized carbons (Fsp3) is 0.591. The van der Waals surface area contributed by atoms with Gasteiger partial charge in [-0.1, -0.05) is 32.6 Å². The first-order valence-corrected chi connectivity index (χ1v) is 9.91. The van der Waals surface area contributed by atoms with Crippen molar-refractivity contribution in [3.05, 3.63) is 35.5 Å². The van der Waals surface area contributed by atoms with Crippen molar-refractivity contribution < 1.29 is 33.7 Å². The van der Waals surface area contributed by atoms with Gasteiger partial charge >= 0.3 is 17.9 Å². The second kappa shape index (κ2) is 10.4. The van der Waals surface area contributed by atoms with Gasteiger partial charge in [0.2, 0.25) is 0 Å². The van der Waals surface area contributed by atoms with E-state index in [-0.39, 0.29) is 37.4 Å². The molecule has 0 saturated carbocycles. The summed E-state index contributed by atoms with van der Waals surface area (Å²) in [6.45, 7) is 9.10. The molecule has 1 aliphatic carbocycles. The van der Waals surface area contributed by atoms with Crippen LogP contribution in [-0.2, 0) is 28.6 Å². The summed E-state index contributed by atoms with van der Waals surface area (Å²) in [4.78, 5) is 35.1. The van der Waals surface area contributed by atoms with E-state index in [1.54, 1.807) is 0 Å². The van der Waals surface area contributed by atoms with Gasteiger partial charge in [0.15, 0.2) is 0 Å². The van der Waals surface area contributed by atoms with Gasteiger partial charge in [-0.15, -0.1) is 0 Å². The average Bonchev–Trinajstić information content (AvgIpc) is 2.88. The monoisotopic (exact) mass is 406 g/mol. The molecule has 0 aromatic carbocycles. The summed E-state index contributed by atoms with van der Waals surface area (Å²) in [7, 11) is 0. The first kappa shape index (κ1) is 22.9. The van der Waals surface area contributed by atoms with Crippen LogP contribution >= 0.6 is 0 Å². The van der Waals surface area contributed by atoms with Crippen molar-refractivity contribution in [2.45, 2.75) is 58.7 Å². The van der Waals surface area contributed by atoms with Gasteiger partial charge in [-0.25, -0.2) is 4.79 Å². The summed E-state index contributed by atoms with van der Waals surface area (Å²) in [5.74, 6) is -1.38. The molecule has 7 nitrogen and oxygen atoms in total. The molecular weight excluding hydrogens is 376 g/mol. The van der Waals surface area contributed by atoms with Gasteiger partial charge in [0, 0.05) is 31.3 Å². The van der Waals surface area contributed by atoms with E-state index < -0.39 is 24.1 Å². The van der Waals surface area contributed by atoms with E-state index in [2.05, 4.69) is 6.58 Å². The number of aliphatic hydroxyl groups excluding tert-OH is 1. The zero-order chi connectivity index (χ0) is 21.6. The molecule has 2 aliphatic rings. The largest absolute Gasteiger partial charge is 0.461 e. The standard InChI is InChI=1S/C22H30O7/c1-13(2)8-21(25)28-12-17-7-5-6-16(11-27-15(4)23)9-20-18(10-19(17)24)14(3)22(26)29-20/h6-7,13,18-20,24H,3,5,8-12H2,1-2,4H3/b16-6-,17-7-/t18-,19-,20+/m1/s1. The molecule has 1 fully saturated rings. The number of ether oxygens (including phenoxy) is 3. The lowest BCUT2D eigenvalue weighted by molar-refractivity contribution is -0.144. The van der Waals surface area contributed by atoms with Gasteiger partial charge in [0.1, 0.15) is 19.3 Å². The molecule has 0 radical (unpaired) electrons. The van der Waals surface area contributed by atoms with Crippen molar-refractivity contribution >= 4 is 17.9 Å². The maximum Gasteiger partial charge on any atom is 0.334 e. The molecule has 3 atom stereocenters. The van der Waals surface area contributed by atoms with Crippen molar-refractivity contribution in [2.24, 2.45) is 11.8 Å². The highest BCUT2D eigenvalue weighted by atomic mass is 16.6. The van der Waals surface area contributed by atoms with Crippen molar-refractivity contribution in [3.63, 3.8) is 0 Å². The fourth-order valence-electron chi connectivity index (χ4n) is 3.42. The lowest BCUT2D eigenvalue weighted by Gasteiger charge is -2.24. The third-order valence-corrected chi connectivity index (χ3v) is 5.01. The molecule has 0 bridgehead atoms. The van der Waals surface area contributed by atoms with Crippen LogP contribution in [-0.4, -0.2) is 48.4 Å². The first-order chi connectivity index (χ1) is 13.7. The van der Waals surface area contributed by atoms with Crippen molar-refractivity contribution in [1.82, 2.24) is 0 Å². The van der Waals surface area contributed by atoms with Crippen LogP contribution in [0.5, 0.6) is 0 Å². The van der Waals surface area contributed by atoms with Crippen molar-refractivity contribution in [2.75, 3.05) is 13.2 Å². The van der Waals surface area contributed by atoms with Gasteiger partial charge in [0.05, 0.1) is 6.10 Å². The van der Waals surface area contributed by atoms with Crippen LogP contribution in [0.2, 0.25) is 0 Å². The van der Waals surface area contributed by atoms with Crippen LogP contribution in [0.3, 0.4) is 0 Å². The van der Waals surface area contributed by atoms with E-state index in [0.29, 0.717) is 30.4 Å². The predicted octanol–water partition coefficient (Wildman–Crippen LogP) is 2.63. The Morgan fingerprint density at radius 1 is 1.28 bits per heavy atom. The summed E-state index contributed by atoms with van der Waals surface area (Å²) in [6.07, 6.45) is 3.74. The molecule has 1 heterocycles. The molecule has 0 amide bonds. The number of hydrogen-bond acceptors (Lipinski definition) is 7. The normalized spacial score (nSPS) is 28.5. The average molecular weight is 406 g/mol. The minimum absolute atomic E-state index is 0.0154. The quantitative estimate of drug-likeness (QED) is 0.313. The van der Waals surface area contributed by atoms with Crippen LogP contribution in [0.15, 0.2) is 35.5 Å². The Kier molecular flexibility index (Phi) is 8.20. The van der Waals surface area contributed by atoms with Gasteiger partial charge in [-0.3, -0.25) is 9.59 Å². The summed E-state index contributed by atoms with van der Waals surface area (Å²) in [6, 6.07) is 0. The zero-order valence-corrected chi connectivity index (χ0v) is 17.3. The Hall–Kier alpha value is -2.41. The van der Waals surface area contributed by atoms with Crippen LogP contribution in [0.1, 0.15) is 46.5 Å². The summed E-state index contributed by atoms with van der Waals surface area (Å²) >= 11 is 0. The lowest BCUT2D eigenvalue weighted by atomic mass is 9.85. The van der Waals surface area contributed by atoms with Crippen molar-refractivity contribution in [1.29, 1.82) is 0 Å². The third kappa shape index (κ3) is 6.85. The molecular formula is C22H30O7. The number of carbonyl (C=O) groups excluding carboxylic acids is 3. The number of carbonyl (C=O) groups is 3. The van der Waals surface area contributed by atoms with Crippen LogP contribution < -0.4 is 0 Å².